The molecule has 2 rings (SSSR count). The summed E-state index contributed by atoms with van der Waals surface area (Å²) in [6.45, 7) is 3.86. The van der Waals surface area contributed by atoms with E-state index in [4.69, 9.17) is 9.68 Å². The molecule has 1 unspecified atom stereocenters. The van der Waals surface area contributed by atoms with E-state index in [-0.39, 0.29) is 6.04 Å². The zero-order valence-corrected chi connectivity index (χ0v) is 11.0. The Bertz CT molecular complexity index is 400. The van der Waals surface area contributed by atoms with Crippen molar-refractivity contribution in [2.24, 2.45) is 0 Å². The maximum atomic E-state index is 8.99. The summed E-state index contributed by atoms with van der Waals surface area (Å²) in [6, 6.07) is 2.85. The highest BCUT2D eigenvalue weighted by Gasteiger charge is 2.24. The predicted molar refractivity (Wildman–Crippen MR) is 66.9 cm³/mol. The molecule has 0 aliphatic heterocycles. The average Bonchev–Trinajstić information content (AvgIpc) is 3.05. The van der Waals surface area contributed by atoms with Crippen molar-refractivity contribution in [1.82, 2.24) is 10.3 Å². The Kier molecular flexibility index (Phi) is 4.08. The van der Waals surface area contributed by atoms with Crippen LogP contribution in [0.4, 0.5) is 0 Å². The lowest BCUT2D eigenvalue weighted by molar-refractivity contribution is 0.431. The van der Waals surface area contributed by atoms with Crippen LogP contribution in [0.25, 0.3) is 0 Å². The van der Waals surface area contributed by atoms with Crippen molar-refractivity contribution in [3.8, 4) is 6.07 Å². The fourth-order valence-electron chi connectivity index (χ4n) is 1.49. The molecule has 0 spiro atoms. The number of nitrogens with zero attached hydrogens (tertiary/aromatic N) is 2. The van der Waals surface area contributed by atoms with Gasteiger partial charge in [0.15, 0.2) is 0 Å². The number of oxazole rings is 1. The largest absolute Gasteiger partial charge is 0.437 e. The van der Waals surface area contributed by atoms with Gasteiger partial charge in [0.1, 0.15) is 5.76 Å². The minimum atomic E-state index is -0.0350. The summed E-state index contributed by atoms with van der Waals surface area (Å²) in [5, 5.41) is 13.0. The van der Waals surface area contributed by atoms with E-state index in [0.717, 1.165) is 23.6 Å². The average molecular weight is 251 g/mol. The summed E-state index contributed by atoms with van der Waals surface area (Å²) >= 11 is 1.58. The van der Waals surface area contributed by atoms with E-state index in [1.165, 1.54) is 12.8 Å². The van der Waals surface area contributed by atoms with Crippen LogP contribution in [0.5, 0.6) is 0 Å². The molecule has 0 aromatic carbocycles. The monoisotopic (exact) mass is 251 g/mol. The number of thioether (sulfide) groups is 1. The lowest BCUT2D eigenvalue weighted by atomic mass is 10.2. The molecular weight excluding hydrogens is 234 g/mol. The van der Waals surface area contributed by atoms with E-state index in [2.05, 4.69) is 16.4 Å². The molecule has 1 aromatic heterocycles. The Balaban J connectivity index is 1.72. The molecular formula is C12H17N3OS. The van der Waals surface area contributed by atoms with Crippen molar-refractivity contribution in [3.63, 3.8) is 0 Å². The topological polar surface area (TPSA) is 61.9 Å². The standard InChI is InChI=1S/C12H17N3OS/c1-8-9(2)16-12(14-8)17-6-5-11(7-13)15-10-3-4-10/h10-11,15H,3-6H2,1-2H3. The molecule has 92 valence electrons. The first kappa shape index (κ1) is 12.5. The molecule has 1 N–H and O–H groups in total. The van der Waals surface area contributed by atoms with Crippen molar-refractivity contribution in [2.75, 3.05) is 5.75 Å². The highest BCUT2D eigenvalue weighted by molar-refractivity contribution is 7.99. The third-order valence-electron chi connectivity index (χ3n) is 2.81. The van der Waals surface area contributed by atoms with E-state index in [0.29, 0.717) is 11.3 Å². The van der Waals surface area contributed by atoms with Gasteiger partial charge in [-0.3, -0.25) is 5.32 Å². The van der Waals surface area contributed by atoms with Crippen molar-refractivity contribution in [3.05, 3.63) is 11.5 Å². The normalized spacial score (nSPS) is 16.8. The van der Waals surface area contributed by atoms with Crippen LogP contribution in [0.2, 0.25) is 0 Å². The zero-order valence-electron chi connectivity index (χ0n) is 10.2. The summed E-state index contributed by atoms with van der Waals surface area (Å²) in [5.74, 6) is 1.73. The number of hydrogen-bond donors (Lipinski definition) is 1. The Morgan fingerprint density at radius 1 is 1.59 bits per heavy atom. The molecule has 0 radical (unpaired) electrons. The molecule has 1 atom stereocenters. The molecule has 1 saturated carbocycles. The van der Waals surface area contributed by atoms with Crippen LogP contribution in [-0.4, -0.2) is 22.8 Å². The van der Waals surface area contributed by atoms with Crippen LogP contribution in [0.3, 0.4) is 0 Å². The first-order valence-corrected chi connectivity index (χ1v) is 6.90. The van der Waals surface area contributed by atoms with Gasteiger partial charge in [0, 0.05) is 11.8 Å². The first-order chi connectivity index (χ1) is 8.19. The fourth-order valence-corrected chi connectivity index (χ4v) is 2.40. The number of nitriles is 1. The van der Waals surface area contributed by atoms with E-state index >= 15 is 0 Å². The Morgan fingerprint density at radius 2 is 2.35 bits per heavy atom. The smallest absolute Gasteiger partial charge is 0.256 e. The highest BCUT2D eigenvalue weighted by atomic mass is 32.2. The molecule has 1 heterocycles. The second-order valence-electron chi connectivity index (χ2n) is 4.38. The van der Waals surface area contributed by atoms with Gasteiger partial charge in [-0.05, 0) is 33.1 Å². The first-order valence-electron chi connectivity index (χ1n) is 5.91. The SMILES string of the molecule is Cc1nc(SCCC(C#N)NC2CC2)oc1C. The highest BCUT2D eigenvalue weighted by Crippen LogP contribution is 2.23. The Hall–Kier alpha value is -0.990. The molecule has 0 saturated heterocycles. The minimum Gasteiger partial charge on any atom is -0.437 e. The van der Waals surface area contributed by atoms with E-state index in [1.807, 2.05) is 13.8 Å². The van der Waals surface area contributed by atoms with Gasteiger partial charge in [-0.1, -0.05) is 11.8 Å². The van der Waals surface area contributed by atoms with Crippen LogP contribution >= 0.6 is 11.8 Å². The maximum absolute atomic E-state index is 8.99. The van der Waals surface area contributed by atoms with E-state index < -0.39 is 0 Å². The minimum absolute atomic E-state index is 0.0350. The van der Waals surface area contributed by atoms with Gasteiger partial charge in [-0.2, -0.15) is 5.26 Å². The number of aryl methyl sites for hydroxylation is 2. The third-order valence-corrected chi connectivity index (χ3v) is 3.67. The van der Waals surface area contributed by atoms with Crippen LogP contribution < -0.4 is 5.32 Å². The van der Waals surface area contributed by atoms with Crippen LogP contribution in [-0.2, 0) is 0 Å². The molecule has 1 aromatic rings. The predicted octanol–water partition coefficient (Wildman–Crippen LogP) is 2.42. The van der Waals surface area contributed by atoms with Gasteiger partial charge >= 0.3 is 0 Å². The summed E-state index contributed by atoms with van der Waals surface area (Å²) in [7, 11) is 0. The molecule has 1 aliphatic carbocycles. The number of aromatic nitrogens is 1. The molecule has 5 heteroatoms. The van der Waals surface area contributed by atoms with Gasteiger partial charge in [-0.25, -0.2) is 4.98 Å². The molecule has 1 aliphatic rings. The molecule has 0 amide bonds. The maximum Gasteiger partial charge on any atom is 0.256 e. The number of nitrogens with one attached hydrogen (secondary N) is 1. The van der Waals surface area contributed by atoms with Crippen LogP contribution in [0.15, 0.2) is 9.64 Å². The van der Waals surface area contributed by atoms with Crippen LogP contribution in [0.1, 0.15) is 30.7 Å². The molecule has 17 heavy (non-hydrogen) atoms. The van der Waals surface area contributed by atoms with Crippen molar-refractivity contribution in [1.29, 1.82) is 5.26 Å². The van der Waals surface area contributed by atoms with E-state index in [9.17, 15) is 0 Å². The van der Waals surface area contributed by atoms with Crippen molar-refractivity contribution >= 4 is 11.8 Å². The van der Waals surface area contributed by atoms with Gasteiger partial charge in [0.05, 0.1) is 17.8 Å². The summed E-state index contributed by atoms with van der Waals surface area (Å²) in [4.78, 5) is 4.30. The Morgan fingerprint density at radius 3 is 2.88 bits per heavy atom. The lowest BCUT2D eigenvalue weighted by Crippen LogP contribution is -2.29. The van der Waals surface area contributed by atoms with Gasteiger partial charge in [0.25, 0.3) is 5.22 Å². The number of hydrogen-bond acceptors (Lipinski definition) is 5. The summed E-state index contributed by atoms with van der Waals surface area (Å²) < 4.78 is 5.47. The molecule has 0 bridgehead atoms. The second kappa shape index (κ2) is 5.56. The molecule has 4 nitrogen and oxygen atoms in total. The van der Waals surface area contributed by atoms with Crippen molar-refractivity contribution < 1.29 is 4.42 Å². The summed E-state index contributed by atoms with van der Waals surface area (Å²) in [5.41, 5.74) is 0.945. The van der Waals surface area contributed by atoms with Gasteiger partial charge < -0.3 is 4.42 Å². The van der Waals surface area contributed by atoms with Crippen molar-refractivity contribution in [2.45, 2.75) is 50.4 Å². The Labute approximate surface area is 106 Å². The lowest BCUT2D eigenvalue weighted by Gasteiger charge is -2.08. The molecule has 1 fully saturated rings. The zero-order chi connectivity index (χ0) is 12.3. The second-order valence-corrected chi connectivity index (χ2v) is 5.43. The third kappa shape index (κ3) is 3.76. The van der Waals surface area contributed by atoms with Crippen LogP contribution in [0, 0.1) is 25.2 Å². The quantitative estimate of drug-likeness (QED) is 0.787. The van der Waals surface area contributed by atoms with E-state index in [1.54, 1.807) is 11.8 Å². The van der Waals surface area contributed by atoms with Gasteiger partial charge in [-0.15, -0.1) is 0 Å². The summed E-state index contributed by atoms with van der Waals surface area (Å²) in [6.07, 6.45) is 3.26. The fraction of sp³-hybridized carbons (Fsp3) is 0.667. The number of rotatable bonds is 6. The van der Waals surface area contributed by atoms with Gasteiger partial charge in [0.2, 0.25) is 0 Å².